The molecule has 0 saturated heterocycles. The van der Waals surface area contributed by atoms with E-state index >= 15 is 0 Å². The Morgan fingerprint density at radius 2 is 1.69 bits per heavy atom. The van der Waals surface area contributed by atoms with E-state index in [1.165, 1.54) is 34.0 Å². The molecule has 0 bridgehead atoms. The lowest BCUT2D eigenvalue weighted by Crippen LogP contribution is -2.26. The maximum atomic E-state index is 12.7. The highest BCUT2D eigenvalue weighted by Gasteiger charge is 2.29. The Bertz CT molecular complexity index is 1360. The summed E-state index contributed by atoms with van der Waals surface area (Å²) in [5.74, 6) is 0.00800. The first-order chi connectivity index (χ1) is 17.2. The fraction of sp³-hybridized carbons (Fsp3) is 0.107. The zero-order valence-corrected chi connectivity index (χ0v) is 21.0. The van der Waals surface area contributed by atoms with E-state index < -0.39 is 6.09 Å². The number of hydrogen-bond acceptors (Lipinski definition) is 5. The Labute approximate surface area is 216 Å². The van der Waals surface area contributed by atoms with Crippen LogP contribution in [0.25, 0.3) is 11.1 Å². The van der Waals surface area contributed by atoms with Gasteiger partial charge in [-0.05, 0) is 52.1 Å². The first-order valence-corrected chi connectivity index (χ1v) is 12.7. The number of rotatable bonds is 7. The van der Waals surface area contributed by atoms with Gasteiger partial charge in [-0.2, -0.15) is 0 Å². The van der Waals surface area contributed by atoms with Crippen LogP contribution in [-0.4, -0.2) is 24.0 Å². The molecule has 174 valence electrons. The van der Waals surface area contributed by atoms with Gasteiger partial charge in [-0.3, -0.25) is 4.79 Å². The molecular formula is C28H21BrN2O3S. The van der Waals surface area contributed by atoms with Crippen LogP contribution in [-0.2, 0) is 11.3 Å². The van der Waals surface area contributed by atoms with Crippen LogP contribution < -0.4 is 5.32 Å². The minimum Gasteiger partial charge on any atom is -0.449 e. The van der Waals surface area contributed by atoms with Gasteiger partial charge in [-0.15, -0.1) is 0 Å². The molecular weight excluding hydrogens is 524 g/mol. The molecule has 1 amide bonds. The van der Waals surface area contributed by atoms with Crippen LogP contribution in [0.5, 0.6) is 0 Å². The number of pyridine rings is 1. The number of halogens is 1. The molecule has 1 heterocycles. The number of nitrogens with zero attached hydrogens (tertiary/aromatic N) is 1. The summed E-state index contributed by atoms with van der Waals surface area (Å²) >= 11 is 4.96. The van der Waals surface area contributed by atoms with Crippen molar-refractivity contribution in [3.63, 3.8) is 0 Å². The van der Waals surface area contributed by atoms with E-state index in [0.717, 1.165) is 21.2 Å². The third-order valence-electron chi connectivity index (χ3n) is 5.96. The number of nitrogens with one attached hydrogen (secondary N) is 1. The average Bonchev–Trinajstić information content (AvgIpc) is 3.21. The second-order valence-electron chi connectivity index (χ2n) is 8.01. The van der Waals surface area contributed by atoms with Crippen molar-refractivity contribution in [2.75, 3.05) is 6.61 Å². The Hall–Kier alpha value is -3.42. The Balaban J connectivity index is 1.27. The van der Waals surface area contributed by atoms with Gasteiger partial charge in [0, 0.05) is 33.6 Å². The van der Waals surface area contributed by atoms with Gasteiger partial charge in [-0.25, -0.2) is 9.78 Å². The van der Waals surface area contributed by atoms with Crippen LogP contribution in [0.15, 0.2) is 99.5 Å². The van der Waals surface area contributed by atoms with Crippen LogP contribution in [0.2, 0.25) is 0 Å². The van der Waals surface area contributed by atoms with Crippen molar-refractivity contribution in [3.05, 3.63) is 112 Å². The van der Waals surface area contributed by atoms with Crippen LogP contribution in [0.1, 0.15) is 33.0 Å². The molecule has 1 aliphatic carbocycles. The number of alkyl carbamates (subject to hydrolysis) is 1. The van der Waals surface area contributed by atoms with Gasteiger partial charge in [0.15, 0.2) is 6.29 Å². The number of fused-ring (bicyclic) bond motifs is 3. The highest BCUT2D eigenvalue weighted by Crippen LogP contribution is 2.44. The summed E-state index contributed by atoms with van der Waals surface area (Å²) in [5.41, 5.74) is 6.13. The van der Waals surface area contributed by atoms with Crippen LogP contribution >= 0.6 is 27.7 Å². The molecule has 0 radical (unpaired) electrons. The minimum atomic E-state index is -0.481. The smallest absolute Gasteiger partial charge is 0.407 e. The van der Waals surface area contributed by atoms with Gasteiger partial charge in [0.05, 0.1) is 0 Å². The molecule has 0 unspecified atom stereocenters. The van der Waals surface area contributed by atoms with E-state index in [2.05, 4.69) is 50.5 Å². The summed E-state index contributed by atoms with van der Waals surface area (Å²) in [6, 6.07) is 25.7. The average molecular weight is 545 g/mol. The summed E-state index contributed by atoms with van der Waals surface area (Å²) in [7, 11) is 0. The molecule has 5 nitrogen and oxygen atoms in total. The van der Waals surface area contributed by atoms with E-state index in [1.54, 1.807) is 18.3 Å². The second-order valence-corrected chi connectivity index (χ2v) is 9.90. The van der Waals surface area contributed by atoms with Crippen molar-refractivity contribution in [3.8, 4) is 11.1 Å². The predicted molar refractivity (Wildman–Crippen MR) is 140 cm³/mol. The molecule has 0 saturated carbocycles. The van der Waals surface area contributed by atoms with E-state index in [4.69, 9.17) is 4.74 Å². The van der Waals surface area contributed by atoms with Crippen molar-refractivity contribution in [2.24, 2.45) is 0 Å². The molecule has 35 heavy (non-hydrogen) atoms. The van der Waals surface area contributed by atoms with E-state index in [-0.39, 0.29) is 19.1 Å². The number of aldehydes is 1. The maximum absolute atomic E-state index is 12.7. The second kappa shape index (κ2) is 10.5. The van der Waals surface area contributed by atoms with Crippen molar-refractivity contribution in [1.82, 2.24) is 10.3 Å². The summed E-state index contributed by atoms with van der Waals surface area (Å²) in [4.78, 5) is 29.3. The van der Waals surface area contributed by atoms with E-state index in [1.807, 2.05) is 42.5 Å². The molecule has 4 aromatic rings. The molecule has 0 aliphatic heterocycles. The van der Waals surface area contributed by atoms with Crippen molar-refractivity contribution < 1.29 is 14.3 Å². The minimum absolute atomic E-state index is 0.00800. The molecule has 1 aliphatic rings. The van der Waals surface area contributed by atoms with Crippen LogP contribution in [0.4, 0.5) is 4.79 Å². The van der Waals surface area contributed by atoms with E-state index in [0.29, 0.717) is 10.6 Å². The van der Waals surface area contributed by atoms with Gasteiger partial charge in [0.25, 0.3) is 0 Å². The predicted octanol–water partition coefficient (Wildman–Crippen LogP) is 6.85. The Kier molecular flexibility index (Phi) is 6.97. The molecule has 5 rings (SSSR count). The first kappa shape index (κ1) is 23.3. The highest BCUT2D eigenvalue weighted by atomic mass is 79.9. The first-order valence-electron chi connectivity index (χ1n) is 11.1. The molecule has 0 fully saturated rings. The van der Waals surface area contributed by atoms with Crippen molar-refractivity contribution >= 4 is 40.1 Å². The fourth-order valence-electron chi connectivity index (χ4n) is 4.30. The van der Waals surface area contributed by atoms with Crippen molar-refractivity contribution in [2.45, 2.75) is 22.4 Å². The summed E-state index contributed by atoms with van der Waals surface area (Å²) in [5, 5.41) is 3.49. The molecule has 1 N–H and O–H groups in total. The van der Waals surface area contributed by atoms with Gasteiger partial charge >= 0.3 is 6.09 Å². The van der Waals surface area contributed by atoms with Crippen LogP contribution in [0, 0.1) is 0 Å². The Morgan fingerprint density at radius 3 is 2.40 bits per heavy atom. The lowest BCUT2D eigenvalue weighted by atomic mass is 9.98. The number of aromatic nitrogens is 1. The normalized spacial score (nSPS) is 12.0. The summed E-state index contributed by atoms with van der Waals surface area (Å²) in [6.07, 6.45) is 1.97. The van der Waals surface area contributed by atoms with E-state index in [9.17, 15) is 9.59 Å². The van der Waals surface area contributed by atoms with Gasteiger partial charge < -0.3 is 10.1 Å². The molecule has 0 atom stereocenters. The number of carbonyl (C=O) groups excluding carboxylic acids is 2. The number of benzene rings is 3. The van der Waals surface area contributed by atoms with Gasteiger partial charge in [0.1, 0.15) is 11.6 Å². The third-order valence-corrected chi connectivity index (χ3v) is 7.84. The number of carbonyl (C=O) groups is 2. The quantitative estimate of drug-likeness (QED) is 0.258. The van der Waals surface area contributed by atoms with Crippen LogP contribution in [0.3, 0.4) is 0 Å². The largest absolute Gasteiger partial charge is 0.449 e. The van der Waals surface area contributed by atoms with Crippen molar-refractivity contribution in [1.29, 1.82) is 0 Å². The number of ether oxygens (including phenoxy) is 1. The fourth-order valence-corrected chi connectivity index (χ4v) is 5.94. The highest BCUT2D eigenvalue weighted by molar-refractivity contribution is 9.10. The molecule has 0 spiro atoms. The van der Waals surface area contributed by atoms with Gasteiger partial charge in [0.2, 0.25) is 0 Å². The molecule has 3 aromatic carbocycles. The SMILES string of the molecule is O=Cc1cccnc1Sc1cccc(Br)c1CNC(=O)OCC1c2ccccc2-c2ccccc21. The lowest BCUT2D eigenvalue weighted by molar-refractivity contribution is 0.112. The third kappa shape index (κ3) is 4.88. The monoisotopic (exact) mass is 544 g/mol. The summed E-state index contributed by atoms with van der Waals surface area (Å²) in [6.45, 7) is 0.526. The van der Waals surface area contributed by atoms with Gasteiger partial charge in [-0.1, -0.05) is 82.3 Å². The standard InChI is InChI=1S/C28H21BrN2O3S/c29-25-12-5-13-26(35-27-18(16-32)7-6-14-30-27)23(25)15-31-28(33)34-17-24-21-10-3-1-8-19(21)20-9-2-4-11-22(20)24/h1-14,16,24H,15,17H2,(H,31,33). The summed E-state index contributed by atoms with van der Waals surface area (Å²) < 4.78 is 6.52. The zero-order valence-electron chi connectivity index (χ0n) is 18.6. The zero-order chi connectivity index (χ0) is 24.2. The lowest BCUT2D eigenvalue weighted by Gasteiger charge is -2.16. The maximum Gasteiger partial charge on any atom is 0.407 e. The Morgan fingerprint density at radius 1 is 0.971 bits per heavy atom. The number of amides is 1. The molecule has 7 heteroatoms. The topological polar surface area (TPSA) is 68.3 Å². The molecule has 1 aromatic heterocycles. The number of hydrogen-bond donors (Lipinski definition) is 1.